The van der Waals surface area contributed by atoms with Crippen molar-refractivity contribution >= 4 is 39.9 Å². The van der Waals surface area contributed by atoms with Gasteiger partial charge >= 0.3 is 7.12 Å². The van der Waals surface area contributed by atoms with E-state index in [-0.39, 0.29) is 10.8 Å². The molecule has 1 aliphatic rings. The minimum Gasteiger partial charge on any atom is -0.423 e. The van der Waals surface area contributed by atoms with E-state index >= 15 is 0 Å². The van der Waals surface area contributed by atoms with Crippen molar-refractivity contribution in [3.05, 3.63) is 47.0 Å². The van der Waals surface area contributed by atoms with Crippen LogP contribution in [0.1, 0.15) is 23.6 Å². The Balaban J connectivity index is 1.94. The van der Waals surface area contributed by atoms with E-state index in [0.717, 1.165) is 5.56 Å². The first kappa shape index (κ1) is 18.4. The van der Waals surface area contributed by atoms with E-state index in [4.69, 9.17) is 4.65 Å². The molecular weight excluding hydrogens is 355 g/mol. The number of rotatable bonds is 4. The normalized spacial score (nSPS) is 13.5. The van der Waals surface area contributed by atoms with E-state index < -0.39 is 17.1 Å². The molecule has 0 saturated heterocycles. The Kier molecular flexibility index (Phi) is 4.79. The zero-order valence-electron chi connectivity index (χ0n) is 14.7. The van der Waals surface area contributed by atoms with E-state index in [2.05, 4.69) is 10.0 Å². The van der Waals surface area contributed by atoms with Gasteiger partial charge in [-0.2, -0.15) is 0 Å². The third-order valence-electron chi connectivity index (χ3n) is 4.11. The highest BCUT2D eigenvalue weighted by atomic mass is 32.2. The molecule has 1 amide bonds. The second-order valence-electron chi connectivity index (χ2n) is 6.30. The fraction of sp³-hybridized carbons (Fsp3) is 0.235. The Morgan fingerprint density at radius 1 is 1.15 bits per heavy atom. The molecule has 0 bridgehead atoms. The van der Waals surface area contributed by atoms with Crippen molar-refractivity contribution in [3.8, 4) is 0 Å². The van der Waals surface area contributed by atoms with Crippen molar-refractivity contribution in [2.75, 3.05) is 10.0 Å². The fourth-order valence-electron chi connectivity index (χ4n) is 3.13. The van der Waals surface area contributed by atoms with E-state index in [1.165, 1.54) is 6.92 Å². The first-order valence-corrected chi connectivity index (χ1v) is 9.50. The monoisotopic (exact) mass is 374 g/mol. The Hall–Kier alpha value is -2.36. The van der Waals surface area contributed by atoms with Gasteiger partial charge in [-0.25, -0.2) is 8.42 Å². The maximum atomic E-state index is 12.9. The lowest BCUT2D eigenvalue weighted by molar-refractivity contribution is -0.114. The largest absolute Gasteiger partial charge is 0.491 e. The number of hydrogen-bond donors (Lipinski definition) is 3. The van der Waals surface area contributed by atoms with Crippen LogP contribution in [-0.4, -0.2) is 26.5 Å². The molecule has 7 nitrogen and oxygen atoms in total. The van der Waals surface area contributed by atoms with Gasteiger partial charge in [0.15, 0.2) is 0 Å². The molecule has 1 aliphatic heterocycles. The molecule has 0 saturated carbocycles. The molecule has 0 fully saturated rings. The van der Waals surface area contributed by atoms with E-state index in [0.29, 0.717) is 34.6 Å². The predicted octanol–water partition coefficient (Wildman–Crippen LogP) is 1.28. The lowest BCUT2D eigenvalue weighted by atomic mass is 9.79. The molecule has 3 rings (SSSR count). The van der Waals surface area contributed by atoms with Gasteiger partial charge in [0.2, 0.25) is 5.91 Å². The topological polar surface area (TPSA) is 105 Å². The van der Waals surface area contributed by atoms with Crippen molar-refractivity contribution < 1.29 is 22.9 Å². The summed E-state index contributed by atoms with van der Waals surface area (Å²) in [6, 6.07) is 8.16. The van der Waals surface area contributed by atoms with Crippen molar-refractivity contribution in [2.24, 2.45) is 0 Å². The Morgan fingerprint density at radius 2 is 1.81 bits per heavy atom. The van der Waals surface area contributed by atoms with Gasteiger partial charge in [-0.3, -0.25) is 9.52 Å². The van der Waals surface area contributed by atoms with Gasteiger partial charge in [0.25, 0.3) is 10.0 Å². The molecule has 2 aromatic rings. The summed E-state index contributed by atoms with van der Waals surface area (Å²) in [4.78, 5) is 11.4. The second kappa shape index (κ2) is 6.75. The van der Waals surface area contributed by atoms with Crippen LogP contribution in [0.5, 0.6) is 0 Å². The van der Waals surface area contributed by atoms with Crippen LogP contribution < -0.4 is 15.5 Å². The zero-order chi connectivity index (χ0) is 19.1. The van der Waals surface area contributed by atoms with Crippen LogP contribution in [0.15, 0.2) is 35.2 Å². The van der Waals surface area contributed by atoms with Crippen molar-refractivity contribution in [1.82, 2.24) is 0 Å². The number of aryl methyl sites for hydroxylation is 2. The quantitative estimate of drug-likeness (QED) is 0.700. The highest BCUT2D eigenvalue weighted by Crippen LogP contribution is 2.27. The molecule has 9 heteroatoms. The molecule has 3 N–H and O–H groups in total. The number of carbonyl (C=O) groups excluding carboxylic acids is 1. The number of fused-ring (bicyclic) bond motifs is 1. The van der Waals surface area contributed by atoms with Crippen LogP contribution in [0.25, 0.3) is 0 Å². The van der Waals surface area contributed by atoms with Crippen LogP contribution >= 0.6 is 0 Å². The maximum absolute atomic E-state index is 12.9. The number of nitrogens with one attached hydrogen (secondary N) is 2. The van der Waals surface area contributed by atoms with E-state index in [1.54, 1.807) is 44.2 Å². The van der Waals surface area contributed by atoms with Crippen LogP contribution in [0, 0.1) is 13.8 Å². The molecule has 2 aromatic carbocycles. The van der Waals surface area contributed by atoms with E-state index in [1.807, 2.05) is 0 Å². The SMILES string of the molecule is CC(=O)Nc1cc(C)c(S(=O)(=O)Nc2ccc3c(c2)B(O)OC3)c(C)c1. The molecule has 0 aromatic heterocycles. The van der Waals surface area contributed by atoms with Gasteiger partial charge in [0.1, 0.15) is 0 Å². The third kappa shape index (κ3) is 3.60. The first-order valence-electron chi connectivity index (χ1n) is 8.01. The number of anilines is 2. The summed E-state index contributed by atoms with van der Waals surface area (Å²) in [6.45, 7) is 5.04. The summed E-state index contributed by atoms with van der Waals surface area (Å²) < 4.78 is 33.4. The number of sulfonamides is 1. The zero-order valence-corrected chi connectivity index (χ0v) is 15.5. The van der Waals surface area contributed by atoms with Gasteiger partial charge in [-0.15, -0.1) is 0 Å². The fourth-order valence-corrected chi connectivity index (χ4v) is 4.64. The predicted molar refractivity (Wildman–Crippen MR) is 99.9 cm³/mol. The second-order valence-corrected chi connectivity index (χ2v) is 7.92. The summed E-state index contributed by atoms with van der Waals surface area (Å²) in [6.07, 6.45) is 0. The Labute approximate surface area is 152 Å². The molecule has 0 radical (unpaired) electrons. The third-order valence-corrected chi connectivity index (χ3v) is 5.80. The number of carbonyl (C=O) groups is 1. The summed E-state index contributed by atoms with van der Waals surface area (Å²) >= 11 is 0. The summed E-state index contributed by atoms with van der Waals surface area (Å²) in [7, 11) is -4.89. The Morgan fingerprint density at radius 3 is 2.42 bits per heavy atom. The highest BCUT2D eigenvalue weighted by Gasteiger charge is 2.28. The highest BCUT2D eigenvalue weighted by molar-refractivity contribution is 7.92. The van der Waals surface area contributed by atoms with Crippen molar-refractivity contribution in [2.45, 2.75) is 32.3 Å². The maximum Gasteiger partial charge on any atom is 0.491 e. The molecule has 0 unspecified atom stereocenters. The van der Waals surface area contributed by atoms with Gasteiger partial charge < -0.3 is 15.0 Å². The van der Waals surface area contributed by atoms with Crippen LogP contribution in [-0.2, 0) is 26.1 Å². The molecular formula is C17H19BN2O5S. The Bertz CT molecular complexity index is 968. The van der Waals surface area contributed by atoms with Gasteiger partial charge in [0.05, 0.1) is 11.5 Å². The minimum absolute atomic E-state index is 0.156. The molecule has 0 spiro atoms. The smallest absolute Gasteiger partial charge is 0.423 e. The lowest BCUT2D eigenvalue weighted by Crippen LogP contribution is -2.28. The van der Waals surface area contributed by atoms with Gasteiger partial charge in [-0.05, 0) is 60.3 Å². The number of amides is 1. The molecule has 1 heterocycles. The molecule has 0 aliphatic carbocycles. The molecule has 0 atom stereocenters. The van der Waals surface area contributed by atoms with E-state index in [9.17, 15) is 18.2 Å². The summed E-state index contributed by atoms with van der Waals surface area (Å²) in [5.74, 6) is -0.226. The van der Waals surface area contributed by atoms with Crippen LogP contribution in [0.2, 0.25) is 0 Å². The number of hydrogen-bond acceptors (Lipinski definition) is 5. The number of benzene rings is 2. The van der Waals surface area contributed by atoms with Gasteiger partial charge in [0, 0.05) is 18.3 Å². The van der Waals surface area contributed by atoms with Crippen molar-refractivity contribution in [3.63, 3.8) is 0 Å². The van der Waals surface area contributed by atoms with Crippen LogP contribution in [0.4, 0.5) is 11.4 Å². The summed E-state index contributed by atoms with van der Waals surface area (Å²) in [5, 5.41) is 12.4. The average molecular weight is 374 g/mol. The standard InChI is InChI=1S/C17H19BN2O5S/c1-10-6-15(19-12(3)21)7-11(2)17(10)26(23,24)20-14-5-4-13-9-25-18(22)16(13)8-14/h4-8,20,22H,9H2,1-3H3,(H,19,21). The van der Waals surface area contributed by atoms with Crippen molar-refractivity contribution in [1.29, 1.82) is 0 Å². The summed E-state index contributed by atoms with van der Waals surface area (Å²) in [5.41, 5.74) is 3.31. The lowest BCUT2D eigenvalue weighted by Gasteiger charge is -2.15. The first-order chi connectivity index (χ1) is 12.2. The molecule has 136 valence electrons. The van der Waals surface area contributed by atoms with Gasteiger partial charge in [-0.1, -0.05) is 6.07 Å². The molecule has 26 heavy (non-hydrogen) atoms. The average Bonchev–Trinajstić information content (AvgIpc) is 2.86. The van der Waals surface area contributed by atoms with Crippen LogP contribution in [0.3, 0.4) is 0 Å². The minimum atomic E-state index is -3.84.